The molecule has 0 aliphatic carbocycles. The Morgan fingerprint density at radius 1 is 1.67 bits per heavy atom. The summed E-state index contributed by atoms with van der Waals surface area (Å²) < 4.78 is 0. The molecule has 0 radical (unpaired) electrons. The maximum atomic E-state index is 4.02. The van der Waals surface area contributed by atoms with Crippen molar-refractivity contribution in [2.75, 3.05) is 0 Å². The van der Waals surface area contributed by atoms with Gasteiger partial charge in [-0.15, -0.1) is 0 Å². The summed E-state index contributed by atoms with van der Waals surface area (Å²) in [6.45, 7) is -0.431. The molecule has 0 bridgehead atoms. The van der Waals surface area contributed by atoms with Crippen molar-refractivity contribution in [2.24, 2.45) is 0 Å². The van der Waals surface area contributed by atoms with Crippen LogP contribution in [-0.2, 0) is 0 Å². The van der Waals surface area contributed by atoms with E-state index in [2.05, 4.69) is 30.7 Å². The van der Waals surface area contributed by atoms with Gasteiger partial charge in [0.05, 0.1) is 0 Å². The molecule has 1 atom stereocenters. The van der Waals surface area contributed by atoms with E-state index >= 15 is 0 Å². The molecular weight excluding hydrogens is 167 g/mol. The molecule has 6 heavy (non-hydrogen) atoms. The second kappa shape index (κ2) is 4.95. The van der Waals surface area contributed by atoms with Gasteiger partial charge in [0.2, 0.25) is 0 Å². The minimum atomic E-state index is -0.431. The van der Waals surface area contributed by atoms with Crippen molar-refractivity contribution >= 4 is 39.5 Å². The molecule has 0 rings (SSSR count). The molecular formula is CP5+. The summed E-state index contributed by atoms with van der Waals surface area (Å²) in [5.74, 6) is 0. The van der Waals surface area contributed by atoms with Gasteiger partial charge in [0.15, 0.2) is 0 Å². The fourth-order valence-electron chi connectivity index (χ4n) is 0.0200. The average Bonchev–Trinajstić information content (AvgIpc) is 1.65. The molecule has 0 saturated carbocycles. The molecule has 0 saturated heterocycles. The summed E-state index contributed by atoms with van der Waals surface area (Å²) in [4.78, 5) is 0. The third-order valence-electron chi connectivity index (χ3n) is 0.174. The van der Waals surface area contributed by atoms with Crippen LogP contribution in [0.1, 0.15) is 0 Å². The van der Waals surface area contributed by atoms with Gasteiger partial charge in [-0.25, -0.2) is 0 Å². The van der Waals surface area contributed by atoms with Crippen LogP contribution >= 0.6 is 39.5 Å². The molecule has 28 valence electrons. The van der Waals surface area contributed by atoms with Crippen LogP contribution < -0.4 is 0 Å². The van der Waals surface area contributed by atoms with Gasteiger partial charge in [0.25, 0.3) is 0 Å². The quantitative estimate of drug-likeness (QED) is 0.471. The van der Waals surface area contributed by atoms with Gasteiger partial charge in [-0.1, -0.05) is 0 Å². The van der Waals surface area contributed by atoms with Crippen molar-refractivity contribution in [2.45, 2.75) is 0 Å². The van der Waals surface area contributed by atoms with Gasteiger partial charge in [-0.3, -0.25) is 0 Å². The zero-order valence-electron chi connectivity index (χ0n) is 2.74. The van der Waals surface area contributed by atoms with Gasteiger partial charge in [-0.05, 0) is 0 Å². The van der Waals surface area contributed by atoms with Crippen LogP contribution in [-0.4, -0.2) is 0 Å². The Morgan fingerprint density at radius 2 is 2.17 bits per heavy atom. The molecule has 0 heterocycles. The van der Waals surface area contributed by atoms with E-state index in [9.17, 15) is 0 Å². The Kier molecular flexibility index (Phi) is 6.43. The third kappa shape index (κ3) is 3.97. The van der Waals surface area contributed by atoms with Crippen molar-refractivity contribution in [1.29, 1.82) is 0 Å². The zero-order chi connectivity index (χ0) is 4.99. The van der Waals surface area contributed by atoms with Crippen molar-refractivity contribution in [3.8, 4) is 5.37 Å². The van der Waals surface area contributed by atoms with Crippen molar-refractivity contribution < 1.29 is 0 Å². The third-order valence-corrected chi connectivity index (χ3v) is 6.86. The van der Waals surface area contributed by atoms with E-state index in [-0.39, 0.29) is 0 Å². The molecule has 0 aromatic carbocycles. The first-order chi connectivity index (χ1) is 2.81. The van der Waals surface area contributed by atoms with Gasteiger partial charge in [0, 0.05) is 0 Å². The van der Waals surface area contributed by atoms with E-state index in [4.69, 9.17) is 0 Å². The minimum absolute atomic E-state index is 0.431. The van der Waals surface area contributed by atoms with Crippen LogP contribution in [0.5, 0.6) is 0 Å². The van der Waals surface area contributed by atoms with Gasteiger partial charge >= 0.3 is 44.8 Å². The number of hydrogen-bond acceptors (Lipinski definition) is 0. The van der Waals surface area contributed by atoms with Crippen LogP contribution in [0.3, 0.4) is 0 Å². The molecule has 0 N–H and O–H groups in total. The van der Waals surface area contributed by atoms with Gasteiger partial charge in [0.1, 0.15) is 0 Å². The Morgan fingerprint density at radius 3 is 2.17 bits per heavy atom. The number of rotatable bonds is 0. The van der Waals surface area contributed by atoms with E-state index in [0.717, 1.165) is 7.37 Å². The molecule has 0 spiro atoms. The maximum absolute atomic E-state index is 4.02. The zero-order valence-corrected chi connectivity index (χ0v) is 7.21. The predicted molar refractivity (Wildman–Crippen MR) is 38.5 cm³/mol. The molecule has 0 fully saturated rings. The molecule has 0 aromatic heterocycles. The fourth-order valence-corrected chi connectivity index (χ4v) is 1.62. The summed E-state index contributed by atoms with van der Waals surface area (Å²) in [5, 5.41) is 2.65. The molecule has 1 unspecified atom stereocenters. The standard InChI is InChI=1S/CP5/c2-1-6(4)5-3/q+1. The van der Waals surface area contributed by atoms with Crippen LogP contribution in [0, 0.1) is 5.37 Å². The summed E-state index contributed by atoms with van der Waals surface area (Å²) in [7, 11) is 12.6. The molecule has 0 amide bonds. The van der Waals surface area contributed by atoms with Crippen LogP contribution in [0.2, 0.25) is 0 Å². The monoisotopic (exact) mass is 167 g/mol. The first-order valence-corrected chi connectivity index (χ1v) is 6.74. The summed E-state index contributed by atoms with van der Waals surface area (Å²) in [5.41, 5.74) is 0. The first-order valence-electron chi connectivity index (χ1n) is 1.05. The van der Waals surface area contributed by atoms with E-state index in [1.54, 1.807) is 0 Å². The Bertz CT molecular complexity index is 149. The molecule has 0 aliphatic rings. The van der Waals surface area contributed by atoms with E-state index in [0.29, 0.717) is 0 Å². The van der Waals surface area contributed by atoms with Gasteiger partial charge < -0.3 is 0 Å². The second-order valence-electron chi connectivity index (χ2n) is 0.479. The topological polar surface area (TPSA) is 0 Å². The van der Waals surface area contributed by atoms with E-state index < -0.39 is 6.71 Å². The summed E-state index contributed by atoms with van der Waals surface area (Å²) in [6.07, 6.45) is 0. The van der Waals surface area contributed by atoms with E-state index in [1.807, 2.05) is 0 Å². The Hall–Kier alpha value is 1.80. The first kappa shape index (κ1) is 7.80. The normalized spacial score (nSPS) is 8.50. The molecule has 5 heteroatoms. The van der Waals surface area contributed by atoms with Gasteiger partial charge in [-0.2, -0.15) is 0 Å². The Balaban J connectivity index is 3.89. The molecule has 0 nitrogen and oxygen atoms in total. The van der Waals surface area contributed by atoms with E-state index in [1.165, 1.54) is 0 Å². The second-order valence-corrected chi connectivity index (χ2v) is 7.53. The molecule has 0 aromatic rings. The summed E-state index contributed by atoms with van der Waals surface area (Å²) in [6, 6.07) is 0. The summed E-state index contributed by atoms with van der Waals surface area (Å²) >= 11 is 0. The van der Waals surface area contributed by atoms with Crippen LogP contribution in [0.4, 0.5) is 0 Å². The Labute approximate surface area is 45.4 Å². The fraction of sp³-hybridized carbons (Fsp3) is 0. The van der Waals surface area contributed by atoms with Crippen LogP contribution in [0.25, 0.3) is 0 Å². The van der Waals surface area contributed by atoms with Crippen molar-refractivity contribution in [1.82, 2.24) is 0 Å². The van der Waals surface area contributed by atoms with Crippen molar-refractivity contribution in [3.05, 3.63) is 0 Å². The SMILES string of the molecule is P#CP(#P)[P+]#P. The number of hydrogen-bond donors (Lipinski definition) is 0. The predicted octanol–water partition coefficient (Wildman–Crippen LogP) is 4.31. The molecule has 0 aliphatic heterocycles. The average molecular weight is 167 g/mol. The van der Waals surface area contributed by atoms with Crippen molar-refractivity contribution in [3.63, 3.8) is 0 Å². The van der Waals surface area contributed by atoms with Crippen LogP contribution in [0.15, 0.2) is 0 Å².